The summed E-state index contributed by atoms with van der Waals surface area (Å²) in [5.41, 5.74) is 6.87. The molecule has 0 atom stereocenters. The van der Waals surface area contributed by atoms with Crippen LogP contribution in [0.15, 0.2) is 23.8 Å². The standard InChI is InChI=1S/C10H14N4O/c1-6-12(3)8-7(2)13(4)10(15)14(5)9(8)11/h1H,2,11H2,3-5H3. The Hall–Kier alpha value is -2.09. The molecule has 2 amide bonds. The van der Waals surface area contributed by atoms with Gasteiger partial charge in [-0.3, -0.25) is 14.7 Å². The van der Waals surface area contributed by atoms with Gasteiger partial charge in [0.2, 0.25) is 0 Å². The Balaban J connectivity index is 3.29. The largest absolute Gasteiger partial charge is 0.383 e. The van der Waals surface area contributed by atoms with Crippen LogP contribution >= 0.6 is 0 Å². The number of nitrogens with two attached hydrogens (primary N) is 1. The van der Waals surface area contributed by atoms with E-state index in [9.17, 15) is 4.79 Å². The average Bonchev–Trinajstić information content (AvgIpc) is 2.23. The lowest BCUT2D eigenvalue weighted by Crippen LogP contribution is -2.47. The predicted molar refractivity (Wildman–Crippen MR) is 57.9 cm³/mol. The van der Waals surface area contributed by atoms with E-state index < -0.39 is 0 Å². The SMILES string of the molecule is C#CN(C)C1=C(N)N(C)C(=O)N(C)C1=C. The Morgan fingerprint density at radius 3 is 2.47 bits per heavy atom. The molecule has 0 saturated heterocycles. The number of rotatable bonds is 1. The molecule has 0 aliphatic carbocycles. The van der Waals surface area contributed by atoms with Crippen molar-refractivity contribution in [2.24, 2.45) is 5.73 Å². The van der Waals surface area contributed by atoms with Crippen LogP contribution in [-0.2, 0) is 0 Å². The molecule has 5 nitrogen and oxygen atoms in total. The van der Waals surface area contributed by atoms with Crippen LogP contribution in [-0.4, -0.2) is 41.9 Å². The first kappa shape index (κ1) is 11.0. The Morgan fingerprint density at radius 1 is 1.47 bits per heavy atom. The summed E-state index contributed by atoms with van der Waals surface area (Å²) in [7, 11) is 4.90. The highest BCUT2D eigenvalue weighted by atomic mass is 16.2. The highest BCUT2D eigenvalue weighted by molar-refractivity contribution is 5.80. The molecule has 5 heteroatoms. The van der Waals surface area contributed by atoms with Gasteiger partial charge in [0.15, 0.2) is 0 Å². The maximum atomic E-state index is 11.6. The Kier molecular flexibility index (Phi) is 2.62. The molecule has 0 unspecified atom stereocenters. The van der Waals surface area contributed by atoms with Gasteiger partial charge in [-0.25, -0.2) is 4.79 Å². The number of carbonyl (C=O) groups excluding carboxylic acids is 1. The molecular formula is C10H14N4O. The van der Waals surface area contributed by atoms with Gasteiger partial charge in [0.25, 0.3) is 0 Å². The van der Waals surface area contributed by atoms with E-state index in [0.717, 1.165) is 0 Å². The molecule has 1 aliphatic heterocycles. The van der Waals surface area contributed by atoms with Crippen molar-refractivity contribution in [3.05, 3.63) is 23.8 Å². The zero-order valence-corrected chi connectivity index (χ0v) is 9.11. The third kappa shape index (κ3) is 1.50. The van der Waals surface area contributed by atoms with Gasteiger partial charge >= 0.3 is 6.03 Å². The summed E-state index contributed by atoms with van der Waals surface area (Å²) in [5.74, 6) is 0.309. The van der Waals surface area contributed by atoms with Crippen LogP contribution in [0.2, 0.25) is 0 Å². The van der Waals surface area contributed by atoms with Crippen molar-refractivity contribution < 1.29 is 4.79 Å². The molecule has 0 spiro atoms. The number of nitrogens with zero attached hydrogens (tertiary/aromatic N) is 3. The first-order valence-corrected chi connectivity index (χ1v) is 4.32. The molecule has 0 aromatic heterocycles. The maximum Gasteiger partial charge on any atom is 0.329 e. The number of hydrogen-bond acceptors (Lipinski definition) is 3. The molecule has 1 aliphatic rings. The van der Waals surface area contributed by atoms with Crippen molar-refractivity contribution in [1.82, 2.24) is 14.7 Å². The van der Waals surface area contributed by atoms with E-state index in [1.54, 1.807) is 21.1 Å². The predicted octanol–water partition coefficient (Wildman–Crippen LogP) is 0.148. The van der Waals surface area contributed by atoms with Crippen LogP contribution in [0.5, 0.6) is 0 Å². The minimum absolute atomic E-state index is 0.230. The van der Waals surface area contributed by atoms with Gasteiger partial charge in [0.1, 0.15) is 11.5 Å². The lowest BCUT2D eigenvalue weighted by Gasteiger charge is -2.36. The molecule has 0 fully saturated rings. The summed E-state index contributed by atoms with van der Waals surface area (Å²) in [6.07, 6.45) is 5.28. The molecule has 0 saturated carbocycles. The highest BCUT2D eigenvalue weighted by Gasteiger charge is 2.30. The van der Waals surface area contributed by atoms with E-state index in [-0.39, 0.29) is 6.03 Å². The summed E-state index contributed by atoms with van der Waals surface area (Å²) >= 11 is 0. The number of likely N-dealkylation sites (N-methyl/N-ethyl adjacent to an activating group) is 2. The first-order chi connectivity index (χ1) is 6.91. The summed E-state index contributed by atoms with van der Waals surface area (Å²) in [4.78, 5) is 15.8. The van der Waals surface area contributed by atoms with Gasteiger partial charge < -0.3 is 5.73 Å². The van der Waals surface area contributed by atoms with E-state index in [1.807, 2.05) is 0 Å². The number of terminal acetylenes is 1. The molecule has 2 N–H and O–H groups in total. The number of urea groups is 1. The molecule has 15 heavy (non-hydrogen) atoms. The summed E-state index contributed by atoms with van der Waals surface area (Å²) in [6.45, 7) is 3.78. The molecule has 0 aromatic rings. The minimum atomic E-state index is -0.230. The quantitative estimate of drug-likeness (QED) is 0.490. The third-order valence-electron chi connectivity index (χ3n) is 2.39. The lowest BCUT2D eigenvalue weighted by molar-refractivity contribution is 0.186. The molecule has 0 aromatic carbocycles. The van der Waals surface area contributed by atoms with Crippen LogP contribution in [0.3, 0.4) is 0 Å². The lowest BCUT2D eigenvalue weighted by atomic mass is 10.2. The van der Waals surface area contributed by atoms with Crippen LogP contribution in [0.4, 0.5) is 4.79 Å². The van der Waals surface area contributed by atoms with E-state index in [4.69, 9.17) is 12.2 Å². The van der Waals surface area contributed by atoms with E-state index >= 15 is 0 Å². The fourth-order valence-electron chi connectivity index (χ4n) is 1.34. The molecule has 1 heterocycles. The third-order valence-corrected chi connectivity index (χ3v) is 2.39. The molecule has 0 radical (unpaired) electrons. The molecule has 0 bridgehead atoms. The van der Waals surface area contributed by atoms with E-state index in [1.165, 1.54) is 14.7 Å². The normalized spacial score (nSPS) is 16.9. The molecule has 1 rings (SSSR count). The van der Waals surface area contributed by atoms with Crippen molar-refractivity contribution in [3.63, 3.8) is 0 Å². The van der Waals surface area contributed by atoms with Gasteiger partial charge in [0.05, 0.1) is 5.70 Å². The Labute approximate surface area is 89.4 Å². The van der Waals surface area contributed by atoms with Gasteiger partial charge in [-0.1, -0.05) is 13.0 Å². The minimum Gasteiger partial charge on any atom is -0.383 e. The van der Waals surface area contributed by atoms with Crippen LogP contribution < -0.4 is 5.73 Å². The second-order valence-corrected chi connectivity index (χ2v) is 3.27. The van der Waals surface area contributed by atoms with Crippen molar-refractivity contribution in [2.45, 2.75) is 0 Å². The zero-order valence-electron chi connectivity index (χ0n) is 9.11. The maximum absolute atomic E-state index is 11.6. The number of amides is 2. The summed E-state index contributed by atoms with van der Waals surface area (Å²) < 4.78 is 0. The van der Waals surface area contributed by atoms with E-state index in [0.29, 0.717) is 17.2 Å². The molecular weight excluding hydrogens is 192 g/mol. The highest BCUT2D eigenvalue weighted by Crippen LogP contribution is 2.24. The van der Waals surface area contributed by atoms with Crippen molar-refractivity contribution in [1.29, 1.82) is 0 Å². The zero-order chi connectivity index (χ0) is 11.7. The fourth-order valence-corrected chi connectivity index (χ4v) is 1.34. The Morgan fingerprint density at radius 2 is 2.00 bits per heavy atom. The Bertz CT molecular complexity index is 391. The number of hydrogen-bond donors (Lipinski definition) is 1. The average molecular weight is 206 g/mol. The second-order valence-electron chi connectivity index (χ2n) is 3.27. The summed E-state index contributed by atoms with van der Waals surface area (Å²) in [5, 5.41) is 0. The van der Waals surface area contributed by atoms with E-state index in [2.05, 4.69) is 12.6 Å². The van der Waals surface area contributed by atoms with Gasteiger partial charge in [-0.05, 0) is 0 Å². The van der Waals surface area contributed by atoms with Crippen LogP contribution in [0, 0.1) is 12.5 Å². The van der Waals surface area contributed by atoms with Crippen molar-refractivity contribution in [2.75, 3.05) is 21.1 Å². The monoisotopic (exact) mass is 206 g/mol. The van der Waals surface area contributed by atoms with Crippen molar-refractivity contribution >= 4 is 6.03 Å². The topological polar surface area (TPSA) is 52.8 Å². The van der Waals surface area contributed by atoms with Gasteiger partial charge in [-0.15, -0.1) is 0 Å². The smallest absolute Gasteiger partial charge is 0.329 e. The molecule has 80 valence electrons. The number of carbonyl (C=O) groups is 1. The van der Waals surface area contributed by atoms with Gasteiger partial charge in [0, 0.05) is 27.2 Å². The fraction of sp³-hybridized carbons (Fsp3) is 0.300. The first-order valence-electron chi connectivity index (χ1n) is 4.32. The van der Waals surface area contributed by atoms with Crippen molar-refractivity contribution in [3.8, 4) is 12.5 Å². The van der Waals surface area contributed by atoms with Gasteiger partial charge in [-0.2, -0.15) is 0 Å². The second kappa shape index (κ2) is 3.58. The van der Waals surface area contributed by atoms with Crippen LogP contribution in [0.1, 0.15) is 0 Å². The summed E-state index contributed by atoms with van der Waals surface area (Å²) in [6, 6.07) is 2.19. The van der Waals surface area contributed by atoms with Crippen LogP contribution in [0.25, 0.3) is 0 Å².